The topological polar surface area (TPSA) is 47.6 Å². The normalized spacial score (nSPS) is 20.2. The smallest absolute Gasteiger partial charge is 0.251 e. The van der Waals surface area contributed by atoms with Crippen molar-refractivity contribution in [2.75, 3.05) is 19.8 Å². The zero-order valence-corrected chi connectivity index (χ0v) is 16.1. The van der Waals surface area contributed by atoms with Gasteiger partial charge in [0, 0.05) is 18.7 Å². The third kappa shape index (κ3) is 5.58. The highest BCUT2D eigenvalue weighted by Crippen LogP contribution is 2.27. The van der Waals surface area contributed by atoms with Gasteiger partial charge in [-0.05, 0) is 79.1 Å². The summed E-state index contributed by atoms with van der Waals surface area (Å²) in [5.74, 6) is 0.710. The van der Waals surface area contributed by atoms with Crippen molar-refractivity contribution in [2.45, 2.75) is 51.0 Å². The molecule has 1 aromatic rings. The van der Waals surface area contributed by atoms with E-state index in [1.807, 2.05) is 18.2 Å². The molecule has 1 saturated heterocycles. The van der Waals surface area contributed by atoms with Crippen LogP contribution in [-0.2, 0) is 4.74 Å². The van der Waals surface area contributed by atoms with Crippen LogP contribution in [0.15, 0.2) is 34.3 Å². The van der Waals surface area contributed by atoms with Crippen LogP contribution in [0, 0.1) is 0 Å². The number of halogens is 1. The zero-order valence-electron chi connectivity index (χ0n) is 14.6. The number of rotatable bonds is 7. The first kappa shape index (κ1) is 18.5. The lowest BCUT2D eigenvalue weighted by atomic mass is 9.97. The van der Waals surface area contributed by atoms with E-state index in [0.29, 0.717) is 18.7 Å². The summed E-state index contributed by atoms with van der Waals surface area (Å²) in [5.41, 5.74) is 2.12. The third-order valence-electron chi connectivity index (χ3n) is 4.76. The van der Waals surface area contributed by atoms with E-state index in [1.165, 1.54) is 31.3 Å². The lowest BCUT2D eigenvalue weighted by Crippen LogP contribution is -2.25. The summed E-state index contributed by atoms with van der Waals surface area (Å²) in [6.07, 6.45) is 10.6. The Morgan fingerprint density at radius 2 is 2.24 bits per heavy atom. The highest BCUT2D eigenvalue weighted by Gasteiger charge is 2.17. The molecule has 1 aliphatic carbocycles. The molecule has 1 unspecified atom stereocenters. The molecule has 1 fully saturated rings. The van der Waals surface area contributed by atoms with Crippen molar-refractivity contribution in [2.24, 2.45) is 0 Å². The molecule has 25 heavy (non-hydrogen) atoms. The molecule has 0 spiro atoms. The van der Waals surface area contributed by atoms with Crippen LogP contribution in [0.3, 0.4) is 0 Å². The Bertz CT molecular complexity index is 623. The number of carbonyl (C=O) groups is 1. The van der Waals surface area contributed by atoms with Crippen LogP contribution in [0.25, 0.3) is 0 Å². The van der Waals surface area contributed by atoms with Crippen LogP contribution in [0.4, 0.5) is 0 Å². The predicted octanol–water partition coefficient (Wildman–Crippen LogP) is 4.63. The molecule has 1 aliphatic heterocycles. The van der Waals surface area contributed by atoms with Gasteiger partial charge in [0.15, 0.2) is 0 Å². The largest absolute Gasteiger partial charge is 0.490 e. The Morgan fingerprint density at radius 1 is 1.32 bits per heavy atom. The highest BCUT2D eigenvalue weighted by atomic mass is 79.9. The molecule has 0 bridgehead atoms. The first-order chi connectivity index (χ1) is 12.2. The number of allylic oxidation sites excluding steroid dienone is 1. The van der Waals surface area contributed by atoms with Gasteiger partial charge in [-0.15, -0.1) is 0 Å². The van der Waals surface area contributed by atoms with Crippen LogP contribution in [0.1, 0.15) is 55.3 Å². The monoisotopic (exact) mass is 407 g/mol. The Kier molecular flexibility index (Phi) is 6.93. The molecule has 3 rings (SSSR count). The molecule has 1 heterocycles. The second-order valence-corrected chi connectivity index (χ2v) is 7.56. The molecular weight excluding hydrogens is 382 g/mol. The minimum absolute atomic E-state index is 0.0391. The third-order valence-corrected chi connectivity index (χ3v) is 5.38. The van der Waals surface area contributed by atoms with E-state index in [0.717, 1.165) is 36.1 Å². The molecule has 5 heteroatoms. The zero-order chi connectivity index (χ0) is 17.5. The summed E-state index contributed by atoms with van der Waals surface area (Å²) in [7, 11) is 0. The van der Waals surface area contributed by atoms with Crippen molar-refractivity contribution in [1.82, 2.24) is 5.32 Å². The Morgan fingerprint density at radius 3 is 2.96 bits per heavy atom. The molecule has 2 aliphatic rings. The number of ether oxygens (including phenoxy) is 2. The number of benzene rings is 1. The predicted molar refractivity (Wildman–Crippen MR) is 102 cm³/mol. The molecule has 0 aromatic heterocycles. The van der Waals surface area contributed by atoms with Gasteiger partial charge in [0.25, 0.3) is 5.91 Å². The molecular formula is C20H26BrNO3. The molecule has 1 aromatic carbocycles. The van der Waals surface area contributed by atoms with Crippen LogP contribution in [0.5, 0.6) is 5.75 Å². The van der Waals surface area contributed by atoms with Gasteiger partial charge in [-0.1, -0.05) is 11.6 Å². The van der Waals surface area contributed by atoms with Crippen LogP contribution >= 0.6 is 15.9 Å². The number of amides is 1. The maximum absolute atomic E-state index is 12.3. The molecule has 1 atom stereocenters. The van der Waals surface area contributed by atoms with E-state index < -0.39 is 0 Å². The lowest BCUT2D eigenvalue weighted by Gasteiger charge is -2.14. The van der Waals surface area contributed by atoms with Gasteiger partial charge in [0.05, 0.1) is 10.6 Å². The highest BCUT2D eigenvalue weighted by molar-refractivity contribution is 9.10. The summed E-state index contributed by atoms with van der Waals surface area (Å²) in [6.45, 7) is 2.07. The molecule has 0 saturated carbocycles. The van der Waals surface area contributed by atoms with Crippen molar-refractivity contribution in [3.8, 4) is 5.75 Å². The maximum atomic E-state index is 12.3. The standard InChI is InChI=1S/C20H26BrNO3/c21-18-13-16(8-9-19(18)25-14-17-7-4-12-24-17)20(23)22-11-10-15-5-2-1-3-6-15/h5,8-9,13,17H,1-4,6-7,10-12,14H2,(H,22,23). The molecule has 136 valence electrons. The lowest BCUT2D eigenvalue weighted by molar-refractivity contribution is 0.0677. The van der Waals surface area contributed by atoms with Crippen molar-refractivity contribution >= 4 is 21.8 Å². The first-order valence-electron chi connectivity index (χ1n) is 9.22. The van der Waals surface area contributed by atoms with Crippen molar-refractivity contribution in [3.05, 3.63) is 39.9 Å². The summed E-state index contributed by atoms with van der Waals surface area (Å²) < 4.78 is 12.2. The summed E-state index contributed by atoms with van der Waals surface area (Å²) in [5, 5.41) is 3.01. The molecule has 1 N–H and O–H groups in total. The Hall–Kier alpha value is -1.33. The molecule has 0 radical (unpaired) electrons. The maximum Gasteiger partial charge on any atom is 0.251 e. The van der Waals surface area contributed by atoms with Crippen LogP contribution < -0.4 is 10.1 Å². The summed E-state index contributed by atoms with van der Waals surface area (Å²) in [4.78, 5) is 12.3. The Labute approximate surface area is 158 Å². The van der Waals surface area contributed by atoms with E-state index in [9.17, 15) is 4.79 Å². The molecule has 1 amide bonds. The summed E-state index contributed by atoms with van der Waals surface area (Å²) >= 11 is 3.50. The van der Waals surface area contributed by atoms with Crippen molar-refractivity contribution < 1.29 is 14.3 Å². The minimum atomic E-state index is -0.0391. The van der Waals surface area contributed by atoms with E-state index in [4.69, 9.17) is 9.47 Å². The number of nitrogens with one attached hydrogen (secondary N) is 1. The SMILES string of the molecule is O=C(NCCC1=CCCCC1)c1ccc(OCC2CCCO2)c(Br)c1. The van der Waals surface area contributed by atoms with Gasteiger partial charge >= 0.3 is 0 Å². The van der Waals surface area contributed by atoms with Crippen LogP contribution in [-0.4, -0.2) is 31.8 Å². The Balaban J connectivity index is 1.47. The second-order valence-electron chi connectivity index (χ2n) is 6.71. The van der Waals surface area contributed by atoms with Crippen molar-refractivity contribution in [1.29, 1.82) is 0 Å². The van der Waals surface area contributed by atoms with Gasteiger partial charge in [0.1, 0.15) is 12.4 Å². The fourth-order valence-corrected chi connectivity index (χ4v) is 3.78. The minimum Gasteiger partial charge on any atom is -0.490 e. The van der Waals surface area contributed by atoms with E-state index in [-0.39, 0.29) is 12.0 Å². The van der Waals surface area contributed by atoms with Gasteiger partial charge in [-0.25, -0.2) is 0 Å². The van der Waals surface area contributed by atoms with Gasteiger partial charge in [-0.2, -0.15) is 0 Å². The fraction of sp³-hybridized carbons (Fsp3) is 0.550. The van der Waals surface area contributed by atoms with Gasteiger partial charge in [-0.3, -0.25) is 4.79 Å². The van der Waals surface area contributed by atoms with Crippen molar-refractivity contribution in [3.63, 3.8) is 0 Å². The summed E-state index contributed by atoms with van der Waals surface area (Å²) in [6, 6.07) is 5.47. The fourth-order valence-electron chi connectivity index (χ4n) is 3.29. The van der Waals surface area contributed by atoms with Crippen LogP contribution in [0.2, 0.25) is 0 Å². The average molecular weight is 408 g/mol. The molecule has 4 nitrogen and oxygen atoms in total. The quantitative estimate of drug-likeness (QED) is 0.670. The first-order valence-corrected chi connectivity index (χ1v) is 10.0. The number of hydrogen-bond acceptors (Lipinski definition) is 3. The number of hydrogen-bond donors (Lipinski definition) is 1. The van der Waals surface area contributed by atoms with Gasteiger partial charge < -0.3 is 14.8 Å². The second kappa shape index (κ2) is 9.39. The van der Waals surface area contributed by atoms with E-state index in [1.54, 1.807) is 0 Å². The number of carbonyl (C=O) groups excluding carboxylic acids is 1. The van der Waals surface area contributed by atoms with Gasteiger partial charge in [0.2, 0.25) is 0 Å². The van der Waals surface area contributed by atoms with E-state index in [2.05, 4.69) is 27.3 Å². The average Bonchev–Trinajstić information content (AvgIpc) is 3.15. The van der Waals surface area contributed by atoms with E-state index >= 15 is 0 Å².